The van der Waals surface area contributed by atoms with Crippen LogP contribution in [0.15, 0.2) is 83.9 Å². The van der Waals surface area contributed by atoms with Crippen LogP contribution in [0.5, 0.6) is 0 Å². The number of hydrogen-bond acceptors (Lipinski definition) is 3. The minimum absolute atomic E-state index is 0.0835. The molecule has 1 atom stereocenters. The van der Waals surface area contributed by atoms with Gasteiger partial charge in [0.05, 0.1) is 22.1 Å². The lowest BCUT2D eigenvalue weighted by molar-refractivity contribution is 0.136. The maximum atomic E-state index is 5.73. The highest BCUT2D eigenvalue weighted by Crippen LogP contribution is 2.30. The van der Waals surface area contributed by atoms with Crippen LogP contribution in [0.1, 0.15) is 29.2 Å². The number of anilines is 1. The molecule has 4 heteroatoms. The number of nitrogens with one attached hydrogen (secondary N) is 1. The number of aliphatic imine (C=N–C) groups is 1. The van der Waals surface area contributed by atoms with Crippen LogP contribution >= 0.6 is 12.2 Å². The molecule has 0 radical (unpaired) electrons. The van der Waals surface area contributed by atoms with Gasteiger partial charge in [-0.05, 0) is 28.8 Å². The zero-order valence-corrected chi connectivity index (χ0v) is 15.9. The van der Waals surface area contributed by atoms with Gasteiger partial charge in [-0.1, -0.05) is 78.9 Å². The van der Waals surface area contributed by atoms with E-state index in [0.29, 0.717) is 6.42 Å². The van der Waals surface area contributed by atoms with Gasteiger partial charge in [0.25, 0.3) is 0 Å². The quantitative estimate of drug-likeness (QED) is 0.598. The number of para-hydroxylation sites is 2. The molecule has 0 saturated carbocycles. The lowest BCUT2D eigenvalue weighted by Crippen LogP contribution is -2.13. The second kappa shape index (κ2) is 7.82. The summed E-state index contributed by atoms with van der Waals surface area (Å²) in [5.41, 5.74) is 6.16. The van der Waals surface area contributed by atoms with Crippen molar-refractivity contribution in [2.45, 2.75) is 12.5 Å². The van der Waals surface area contributed by atoms with Crippen molar-refractivity contribution < 1.29 is 4.74 Å². The molecule has 1 heterocycles. The normalized spacial score (nSPS) is 14.6. The zero-order valence-electron chi connectivity index (χ0n) is 15.1. The number of hydrogen-bond donors (Lipinski definition) is 1. The SMILES string of the molecule is COC(c1ccccc1)c1ccc(C2=Nc3ccccc3NC(=S)C2)cc1. The Morgan fingerprint density at radius 2 is 1.56 bits per heavy atom. The molecular formula is C23H20N2OS. The van der Waals surface area contributed by atoms with Crippen LogP contribution in [0.2, 0.25) is 0 Å². The third-order valence-electron chi connectivity index (χ3n) is 4.65. The van der Waals surface area contributed by atoms with E-state index in [-0.39, 0.29) is 6.10 Å². The summed E-state index contributed by atoms with van der Waals surface area (Å²) in [6.45, 7) is 0. The fraction of sp³-hybridized carbons (Fsp3) is 0.130. The Balaban J connectivity index is 1.66. The summed E-state index contributed by atoms with van der Waals surface area (Å²) in [4.78, 5) is 5.63. The number of benzene rings is 3. The molecule has 0 amide bonds. The van der Waals surface area contributed by atoms with Crippen LogP contribution in [-0.4, -0.2) is 17.8 Å². The van der Waals surface area contributed by atoms with E-state index in [1.165, 1.54) is 0 Å². The van der Waals surface area contributed by atoms with Crippen LogP contribution in [0.4, 0.5) is 11.4 Å². The van der Waals surface area contributed by atoms with Crippen molar-refractivity contribution in [2.75, 3.05) is 12.4 Å². The highest BCUT2D eigenvalue weighted by molar-refractivity contribution is 7.80. The predicted octanol–water partition coefficient (Wildman–Crippen LogP) is 5.69. The van der Waals surface area contributed by atoms with Gasteiger partial charge in [0.2, 0.25) is 0 Å². The number of fused-ring (bicyclic) bond motifs is 1. The summed E-state index contributed by atoms with van der Waals surface area (Å²) in [6, 6.07) is 26.6. The maximum Gasteiger partial charge on any atom is 0.107 e. The maximum absolute atomic E-state index is 5.73. The van der Waals surface area contributed by atoms with E-state index in [4.69, 9.17) is 21.9 Å². The molecule has 0 aliphatic carbocycles. The van der Waals surface area contributed by atoms with Crippen LogP contribution < -0.4 is 5.32 Å². The van der Waals surface area contributed by atoms with Crippen molar-refractivity contribution in [1.82, 2.24) is 0 Å². The second-order valence-corrected chi connectivity index (χ2v) is 6.94. The Morgan fingerprint density at radius 1 is 0.889 bits per heavy atom. The molecule has 134 valence electrons. The Labute approximate surface area is 164 Å². The van der Waals surface area contributed by atoms with Crippen LogP contribution in [0.25, 0.3) is 0 Å². The van der Waals surface area contributed by atoms with Crippen molar-refractivity contribution in [2.24, 2.45) is 4.99 Å². The monoisotopic (exact) mass is 372 g/mol. The molecule has 3 aromatic carbocycles. The zero-order chi connectivity index (χ0) is 18.6. The molecule has 1 N–H and O–H groups in total. The summed E-state index contributed by atoms with van der Waals surface area (Å²) in [7, 11) is 1.74. The van der Waals surface area contributed by atoms with Gasteiger partial charge in [0.15, 0.2) is 0 Å². The molecule has 0 aromatic heterocycles. The average Bonchev–Trinajstić information content (AvgIpc) is 2.88. The van der Waals surface area contributed by atoms with E-state index in [1.807, 2.05) is 42.5 Å². The van der Waals surface area contributed by atoms with Gasteiger partial charge in [-0.25, -0.2) is 0 Å². The Kier molecular flexibility index (Phi) is 5.10. The van der Waals surface area contributed by atoms with E-state index in [9.17, 15) is 0 Å². The minimum atomic E-state index is -0.0835. The number of thiocarbonyl (C=S) groups is 1. The first-order valence-corrected chi connectivity index (χ1v) is 9.30. The van der Waals surface area contributed by atoms with E-state index in [0.717, 1.165) is 38.8 Å². The molecule has 3 nitrogen and oxygen atoms in total. The summed E-state index contributed by atoms with van der Waals surface area (Å²) < 4.78 is 5.73. The van der Waals surface area contributed by atoms with Gasteiger partial charge < -0.3 is 10.1 Å². The van der Waals surface area contributed by atoms with Gasteiger partial charge >= 0.3 is 0 Å². The fourth-order valence-electron chi connectivity index (χ4n) is 3.32. The lowest BCUT2D eigenvalue weighted by Gasteiger charge is -2.17. The summed E-state index contributed by atoms with van der Waals surface area (Å²) in [6.07, 6.45) is 0.537. The first kappa shape index (κ1) is 17.6. The van der Waals surface area contributed by atoms with Gasteiger partial charge in [-0.15, -0.1) is 0 Å². The van der Waals surface area contributed by atoms with Crippen LogP contribution in [0.3, 0.4) is 0 Å². The molecule has 27 heavy (non-hydrogen) atoms. The molecule has 0 bridgehead atoms. The van der Waals surface area contributed by atoms with Crippen LogP contribution in [-0.2, 0) is 4.74 Å². The molecule has 4 rings (SSSR count). The lowest BCUT2D eigenvalue weighted by atomic mass is 9.98. The largest absolute Gasteiger partial charge is 0.372 e. The molecule has 0 saturated heterocycles. The van der Waals surface area contributed by atoms with Crippen LogP contribution in [0, 0.1) is 0 Å². The van der Waals surface area contributed by atoms with Gasteiger partial charge in [0.1, 0.15) is 6.10 Å². The van der Waals surface area contributed by atoms with Crippen molar-refractivity contribution in [1.29, 1.82) is 0 Å². The predicted molar refractivity (Wildman–Crippen MR) is 115 cm³/mol. The first-order valence-electron chi connectivity index (χ1n) is 8.89. The molecule has 1 unspecified atom stereocenters. The summed E-state index contributed by atoms with van der Waals surface area (Å²) in [5, 5.41) is 3.28. The average molecular weight is 372 g/mol. The third kappa shape index (κ3) is 3.82. The smallest absolute Gasteiger partial charge is 0.107 e. The van der Waals surface area contributed by atoms with E-state index >= 15 is 0 Å². The van der Waals surface area contributed by atoms with Crippen molar-refractivity contribution in [3.05, 3.63) is 95.6 Å². The first-order chi connectivity index (χ1) is 13.2. The molecule has 0 spiro atoms. The van der Waals surface area contributed by atoms with Gasteiger partial charge in [-0.3, -0.25) is 4.99 Å². The number of rotatable bonds is 4. The summed E-state index contributed by atoms with van der Waals surface area (Å²) >= 11 is 5.48. The highest BCUT2D eigenvalue weighted by Gasteiger charge is 2.16. The molecule has 1 aliphatic heterocycles. The topological polar surface area (TPSA) is 33.6 Å². The molecule has 3 aromatic rings. The van der Waals surface area contributed by atoms with Gasteiger partial charge in [0, 0.05) is 13.5 Å². The minimum Gasteiger partial charge on any atom is -0.372 e. The van der Waals surface area contributed by atoms with Gasteiger partial charge in [-0.2, -0.15) is 0 Å². The van der Waals surface area contributed by atoms with E-state index in [1.54, 1.807) is 7.11 Å². The molecular weight excluding hydrogens is 352 g/mol. The summed E-state index contributed by atoms with van der Waals surface area (Å²) in [5.74, 6) is 0. The number of ether oxygens (including phenoxy) is 1. The van der Waals surface area contributed by atoms with E-state index in [2.05, 4.69) is 41.7 Å². The molecule has 0 fully saturated rings. The Morgan fingerprint density at radius 3 is 2.30 bits per heavy atom. The van der Waals surface area contributed by atoms with Crippen molar-refractivity contribution >= 4 is 34.3 Å². The third-order valence-corrected chi connectivity index (χ3v) is 4.89. The standard InChI is InChI=1S/C23H20N2OS/c1-26-23(17-7-3-2-4-8-17)18-13-11-16(12-14-18)21-15-22(27)25-20-10-6-5-9-19(20)24-21/h2-14,23H,15H2,1H3,(H,25,27). The van der Waals surface area contributed by atoms with Crippen molar-refractivity contribution in [3.63, 3.8) is 0 Å². The van der Waals surface area contributed by atoms with Crippen molar-refractivity contribution in [3.8, 4) is 0 Å². The number of nitrogens with zero attached hydrogens (tertiary/aromatic N) is 1. The number of methoxy groups -OCH3 is 1. The van der Waals surface area contributed by atoms with E-state index < -0.39 is 0 Å². The highest BCUT2D eigenvalue weighted by atomic mass is 32.1. The fourth-order valence-corrected chi connectivity index (χ4v) is 3.56. The Bertz CT molecular complexity index is 981. The second-order valence-electron chi connectivity index (χ2n) is 6.45. The molecule has 1 aliphatic rings. The Hall–Kier alpha value is -2.82.